The number of methoxy groups -OCH3 is 1. The van der Waals surface area contributed by atoms with Crippen LogP contribution < -0.4 is 16.0 Å². The van der Waals surface area contributed by atoms with Crippen molar-refractivity contribution in [2.45, 2.75) is 0 Å². The Hall–Kier alpha value is -2.37. The number of ether oxygens (including phenoxy) is 1. The van der Waals surface area contributed by atoms with Crippen molar-refractivity contribution in [3.05, 3.63) is 35.0 Å². The fourth-order valence-electron chi connectivity index (χ4n) is 1.31. The van der Waals surface area contributed by atoms with Gasteiger partial charge in [0.15, 0.2) is 0 Å². The second-order valence-corrected chi connectivity index (χ2v) is 3.09. The highest BCUT2D eigenvalue weighted by Gasteiger charge is 2.09. The molecule has 0 spiro atoms. The molecule has 82 valence electrons. The van der Waals surface area contributed by atoms with Crippen LogP contribution in [0.5, 0.6) is 5.88 Å². The summed E-state index contributed by atoms with van der Waals surface area (Å²) in [6.45, 7) is 0. The lowest BCUT2D eigenvalue weighted by molar-refractivity contribution is 0.398. The molecule has 0 unspecified atom stereocenters. The van der Waals surface area contributed by atoms with Crippen LogP contribution in [0.15, 0.2) is 29.5 Å². The van der Waals surface area contributed by atoms with Crippen LogP contribution in [-0.4, -0.2) is 22.1 Å². The predicted octanol–water partition coefficient (Wildman–Crippen LogP) is 0.423. The van der Waals surface area contributed by atoms with Crippen LogP contribution >= 0.6 is 0 Å². The van der Waals surface area contributed by atoms with Crippen molar-refractivity contribution >= 4 is 5.69 Å². The zero-order chi connectivity index (χ0) is 11.5. The summed E-state index contributed by atoms with van der Waals surface area (Å²) in [6.07, 6.45) is 4.59. The Balaban J connectivity index is 2.58. The Morgan fingerprint density at radius 1 is 1.38 bits per heavy atom. The van der Waals surface area contributed by atoms with E-state index in [1.165, 1.54) is 25.6 Å². The molecule has 0 radical (unpaired) electrons. The number of anilines is 1. The van der Waals surface area contributed by atoms with Gasteiger partial charge in [0, 0.05) is 24.2 Å². The van der Waals surface area contributed by atoms with Crippen LogP contribution in [0.3, 0.4) is 0 Å². The Kier molecular flexibility index (Phi) is 2.55. The van der Waals surface area contributed by atoms with E-state index in [0.717, 1.165) is 0 Å². The SMILES string of the molecule is COc1nccnc1-c1c[nH]c(=O)c(N)c1. The normalized spacial score (nSPS) is 10.1. The highest BCUT2D eigenvalue weighted by atomic mass is 16.5. The molecule has 6 nitrogen and oxygen atoms in total. The molecule has 0 saturated heterocycles. The Morgan fingerprint density at radius 3 is 2.81 bits per heavy atom. The van der Waals surface area contributed by atoms with Crippen molar-refractivity contribution in [3.8, 4) is 17.1 Å². The minimum atomic E-state index is -0.327. The first-order valence-electron chi connectivity index (χ1n) is 4.56. The standard InChI is InChI=1S/C10H10N4O2/c1-16-10-8(12-2-3-13-10)6-4-7(11)9(15)14-5-6/h2-5H,11H2,1H3,(H,14,15). The van der Waals surface area contributed by atoms with Gasteiger partial charge >= 0.3 is 0 Å². The van der Waals surface area contributed by atoms with E-state index in [-0.39, 0.29) is 11.2 Å². The number of H-pyrrole nitrogens is 1. The molecule has 2 aromatic heterocycles. The topological polar surface area (TPSA) is 93.9 Å². The molecule has 0 fully saturated rings. The number of rotatable bonds is 2. The summed E-state index contributed by atoms with van der Waals surface area (Å²) in [7, 11) is 1.50. The van der Waals surface area contributed by atoms with Crippen LogP contribution in [0.1, 0.15) is 0 Å². The smallest absolute Gasteiger partial charge is 0.271 e. The minimum Gasteiger partial charge on any atom is -0.479 e. The van der Waals surface area contributed by atoms with Crippen molar-refractivity contribution in [2.24, 2.45) is 0 Å². The summed E-state index contributed by atoms with van der Waals surface area (Å²) >= 11 is 0. The predicted molar refractivity (Wildman–Crippen MR) is 59.1 cm³/mol. The number of pyridine rings is 1. The second-order valence-electron chi connectivity index (χ2n) is 3.09. The first-order chi connectivity index (χ1) is 7.72. The first-order valence-corrected chi connectivity index (χ1v) is 4.56. The fraction of sp³-hybridized carbons (Fsp3) is 0.100. The molecule has 2 heterocycles. The number of aromatic nitrogens is 3. The maximum Gasteiger partial charge on any atom is 0.271 e. The maximum atomic E-state index is 11.1. The fourth-order valence-corrected chi connectivity index (χ4v) is 1.31. The van der Waals surface area contributed by atoms with Crippen molar-refractivity contribution < 1.29 is 4.74 Å². The lowest BCUT2D eigenvalue weighted by Gasteiger charge is -2.05. The molecule has 0 amide bonds. The van der Waals surface area contributed by atoms with E-state index < -0.39 is 0 Å². The Labute approximate surface area is 91.1 Å². The third kappa shape index (κ3) is 1.72. The minimum absolute atomic E-state index is 0.130. The van der Waals surface area contributed by atoms with Crippen LogP contribution in [0.2, 0.25) is 0 Å². The van der Waals surface area contributed by atoms with Gasteiger partial charge in [-0.05, 0) is 6.07 Å². The Morgan fingerprint density at radius 2 is 2.12 bits per heavy atom. The molecule has 0 aromatic carbocycles. The molecule has 0 aliphatic heterocycles. The van der Waals surface area contributed by atoms with Gasteiger partial charge in [-0.3, -0.25) is 4.79 Å². The van der Waals surface area contributed by atoms with Gasteiger partial charge in [0.1, 0.15) is 5.69 Å². The number of nitrogens with two attached hydrogens (primary N) is 1. The summed E-state index contributed by atoms with van der Waals surface area (Å²) < 4.78 is 5.06. The van der Waals surface area contributed by atoms with Gasteiger partial charge in [-0.25, -0.2) is 9.97 Å². The van der Waals surface area contributed by atoms with Crippen molar-refractivity contribution in [3.63, 3.8) is 0 Å². The number of nitrogens with zero attached hydrogens (tertiary/aromatic N) is 2. The average molecular weight is 218 g/mol. The zero-order valence-corrected chi connectivity index (χ0v) is 8.60. The molecule has 0 atom stereocenters. The maximum absolute atomic E-state index is 11.1. The van der Waals surface area contributed by atoms with Gasteiger partial charge in [0.25, 0.3) is 5.56 Å². The molecule has 2 rings (SSSR count). The van der Waals surface area contributed by atoms with Gasteiger partial charge in [-0.15, -0.1) is 0 Å². The summed E-state index contributed by atoms with van der Waals surface area (Å²) in [5, 5.41) is 0. The van der Waals surface area contributed by atoms with Crippen molar-refractivity contribution in [2.75, 3.05) is 12.8 Å². The van der Waals surface area contributed by atoms with Crippen molar-refractivity contribution in [1.29, 1.82) is 0 Å². The molecule has 2 aromatic rings. The highest BCUT2D eigenvalue weighted by Crippen LogP contribution is 2.24. The Bertz CT molecular complexity index is 565. The number of nitrogens with one attached hydrogen (secondary N) is 1. The molecule has 16 heavy (non-hydrogen) atoms. The third-order valence-electron chi connectivity index (χ3n) is 2.06. The molecular weight excluding hydrogens is 208 g/mol. The molecule has 3 N–H and O–H groups in total. The first kappa shape index (κ1) is 10.2. The quantitative estimate of drug-likeness (QED) is 0.762. The van der Waals surface area contributed by atoms with E-state index in [4.69, 9.17) is 10.5 Å². The van der Waals surface area contributed by atoms with E-state index in [0.29, 0.717) is 17.1 Å². The second kappa shape index (κ2) is 4.01. The molecule has 0 saturated carbocycles. The van der Waals surface area contributed by atoms with Crippen LogP contribution in [-0.2, 0) is 0 Å². The number of aromatic amines is 1. The zero-order valence-electron chi connectivity index (χ0n) is 8.60. The molecule has 6 heteroatoms. The monoisotopic (exact) mass is 218 g/mol. The van der Waals surface area contributed by atoms with E-state index in [9.17, 15) is 4.79 Å². The number of hydrogen-bond donors (Lipinski definition) is 2. The third-order valence-corrected chi connectivity index (χ3v) is 2.06. The largest absolute Gasteiger partial charge is 0.479 e. The average Bonchev–Trinajstić information content (AvgIpc) is 2.32. The number of nitrogen functional groups attached to an aromatic ring is 1. The molecule has 0 aliphatic rings. The van der Waals surface area contributed by atoms with Crippen molar-refractivity contribution in [1.82, 2.24) is 15.0 Å². The number of hydrogen-bond acceptors (Lipinski definition) is 5. The van der Waals surface area contributed by atoms with Crippen LogP contribution in [0.25, 0.3) is 11.3 Å². The summed E-state index contributed by atoms with van der Waals surface area (Å²) in [5.74, 6) is 0.383. The van der Waals surface area contributed by atoms with Gasteiger partial charge in [-0.1, -0.05) is 0 Å². The van der Waals surface area contributed by atoms with E-state index >= 15 is 0 Å². The van der Waals surface area contributed by atoms with Gasteiger partial charge < -0.3 is 15.5 Å². The molecule has 0 bridgehead atoms. The molecule has 0 aliphatic carbocycles. The van der Waals surface area contributed by atoms with Gasteiger partial charge in [0.05, 0.1) is 12.8 Å². The van der Waals surface area contributed by atoms with Gasteiger partial charge in [0.2, 0.25) is 5.88 Å². The lowest BCUT2D eigenvalue weighted by Crippen LogP contribution is -2.10. The summed E-state index contributed by atoms with van der Waals surface area (Å²) in [6, 6.07) is 1.53. The van der Waals surface area contributed by atoms with Gasteiger partial charge in [-0.2, -0.15) is 0 Å². The molecular formula is C10H10N4O2. The van der Waals surface area contributed by atoms with Crippen LogP contribution in [0, 0.1) is 0 Å². The summed E-state index contributed by atoms with van der Waals surface area (Å²) in [5.41, 5.74) is 6.51. The van der Waals surface area contributed by atoms with E-state index in [1.54, 1.807) is 6.20 Å². The van der Waals surface area contributed by atoms with Crippen LogP contribution in [0.4, 0.5) is 5.69 Å². The lowest BCUT2D eigenvalue weighted by atomic mass is 10.2. The summed E-state index contributed by atoms with van der Waals surface area (Å²) in [4.78, 5) is 21.8. The van der Waals surface area contributed by atoms with E-state index in [1.807, 2.05) is 0 Å². The highest BCUT2D eigenvalue weighted by molar-refractivity contribution is 5.66. The van der Waals surface area contributed by atoms with E-state index in [2.05, 4.69) is 15.0 Å².